The van der Waals surface area contributed by atoms with Gasteiger partial charge in [0.15, 0.2) is 59.7 Å². The summed E-state index contributed by atoms with van der Waals surface area (Å²) < 4.78 is 56.5. The number of ether oxygens (including phenoxy) is 5. The third-order valence-electron chi connectivity index (χ3n) is 35.7. The Kier molecular flexibility index (Phi) is 44.9. The highest BCUT2D eigenvalue weighted by Crippen LogP contribution is 2.56. The maximum absolute atomic E-state index is 12.1. The number of carbonyl (C=O) groups excluding carboxylic acids is 1. The van der Waals surface area contributed by atoms with Crippen molar-refractivity contribution < 1.29 is 61.5 Å². The van der Waals surface area contributed by atoms with Gasteiger partial charge >= 0.3 is 5.97 Å². The van der Waals surface area contributed by atoms with Crippen LogP contribution in [0.3, 0.4) is 0 Å². The molecule has 20 atom stereocenters. The Bertz CT molecular complexity index is 4280. The molecule has 0 unspecified atom stereocenters. The maximum Gasteiger partial charge on any atom is 0.302 e. The van der Waals surface area contributed by atoms with Gasteiger partial charge in [0.2, 0.25) is 0 Å². The number of fused-ring (bicyclic) bond motifs is 8. The summed E-state index contributed by atoms with van der Waals surface area (Å²) in [7, 11) is -7.33. The van der Waals surface area contributed by atoms with Crippen molar-refractivity contribution in [3.05, 3.63) is 117 Å². The highest BCUT2D eigenvalue weighted by atomic mass is 28.4. The first-order chi connectivity index (χ1) is 65.7. The molecule has 0 radical (unpaired) electrons. The Morgan fingerprint density at radius 3 is 0.777 bits per heavy atom. The van der Waals surface area contributed by atoms with Gasteiger partial charge in [-0.3, -0.25) is 4.79 Å². The van der Waals surface area contributed by atoms with E-state index in [9.17, 15) is 20.1 Å². The summed E-state index contributed by atoms with van der Waals surface area (Å²) in [4.78, 5) is 12.1. The molecule has 0 aromatic heterocycles. The number of nitrogens with zero attached hydrogens (tertiary/aromatic N) is 4. The number of aliphatic hydroxyl groups excluding tert-OH is 3. The van der Waals surface area contributed by atoms with E-state index in [-0.39, 0.29) is 83.1 Å². The second-order valence-electron chi connectivity index (χ2n) is 49.4. The topological polar surface area (TPSA) is 256 Å². The summed E-state index contributed by atoms with van der Waals surface area (Å²) in [6.07, 6.45) is 39.6. The van der Waals surface area contributed by atoms with E-state index in [2.05, 4.69) is 212 Å². The van der Waals surface area contributed by atoms with Gasteiger partial charge in [0.05, 0.1) is 18.3 Å². The predicted molar refractivity (Wildman–Crippen MR) is 576 cm³/mol. The zero-order valence-corrected chi connectivity index (χ0v) is 95.5. The summed E-state index contributed by atoms with van der Waals surface area (Å²) in [6, 6.07) is 33.3. The number of esters is 1. The minimum absolute atomic E-state index is 0.0329. The van der Waals surface area contributed by atoms with Gasteiger partial charge in [0.1, 0.15) is 53.4 Å². The molecule has 4 aromatic carbocycles. The Hall–Kier alpha value is -5.90. The molecule has 8 aliphatic carbocycles. The van der Waals surface area contributed by atoms with Crippen molar-refractivity contribution in [1.29, 1.82) is 21.0 Å². The lowest BCUT2D eigenvalue weighted by atomic mass is 9.73. The van der Waals surface area contributed by atoms with Gasteiger partial charge in [-0.05, 0) is 366 Å². The molecule has 0 saturated heterocycles. The molecule has 8 aliphatic rings. The number of unbranched alkanes of at least 4 members (excludes halogenated alkanes) is 8. The molecule has 0 spiro atoms. The van der Waals surface area contributed by atoms with Crippen molar-refractivity contribution in [2.45, 2.75) is 470 Å². The summed E-state index contributed by atoms with van der Waals surface area (Å²) in [5.74, 6) is 8.65. The number of benzene rings is 4. The minimum atomic E-state index is -1.87. The highest BCUT2D eigenvalue weighted by molar-refractivity contribution is 6.75. The zero-order chi connectivity index (χ0) is 102. The standard InChI is InChI=1S/C31H49NO4Si.3C29H47NO3Si/c1-8-9-10-13-25(36-37(6,7)31(3,4)5)15-16-26-27-19-23-12-11-14-29(34-18-17-32)28(23)20-24(27)21-30(26)35-22(2)33;3*1-7-8-9-12-23(33-34(5,6)29(2,3)4)14-15-24-25-18-21-11-10-13-28(32-17-16-30)26(21)19-22(25)20-27(24)31/h11-12,14,24-27,30H,8-10,13,15-16,18-21H2,1-7H3;3*10-11,13,22-25,27,31H,7-9,12,14-15,17-20H2,1-6H3/t24-,25-,26+,27-,30+;2*22-,23+,24+,25-,27+;22-,23-,24+,25-,27+/m0110/s1. The Balaban J connectivity index is 0.000000207. The number of hydrogen-bond donors (Lipinski definition) is 3. The summed E-state index contributed by atoms with van der Waals surface area (Å²) in [6.45, 7) is 57.6. The second-order valence-corrected chi connectivity index (χ2v) is 68.5. The van der Waals surface area contributed by atoms with E-state index >= 15 is 0 Å². The molecule has 0 amide bonds. The maximum atomic E-state index is 12.1. The van der Waals surface area contributed by atoms with Gasteiger partial charge in [-0.2, -0.15) is 21.0 Å². The number of aliphatic hydroxyl groups is 3. The first-order valence-electron chi connectivity index (χ1n) is 55.0. The van der Waals surface area contributed by atoms with Crippen LogP contribution in [-0.4, -0.2) is 130 Å². The summed E-state index contributed by atoms with van der Waals surface area (Å²) >= 11 is 0. The fourth-order valence-corrected chi connectivity index (χ4v) is 29.6. The normalized spacial score (nSPS) is 25.0. The highest BCUT2D eigenvalue weighted by Gasteiger charge is 2.53. The first-order valence-corrected chi connectivity index (χ1v) is 66.7. The summed E-state index contributed by atoms with van der Waals surface area (Å²) in [5, 5.41) is 69.9. The van der Waals surface area contributed by atoms with Crippen LogP contribution < -0.4 is 18.9 Å². The minimum Gasteiger partial charge on any atom is -0.478 e. The molecule has 0 bridgehead atoms. The van der Waals surface area contributed by atoms with Crippen LogP contribution in [0, 0.1) is 116 Å². The smallest absolute Gasteiger partial charge is 0.302 e. The van der Waals surface area contributed by atoms with Crippen LogP contribution in [0.1, 0.15) is 342 Å². The van der Waals surface area contributed by atoms with Crippen molar-refractivity contribution >= 4 is 39.2 Å². The molecule has 139 heavy (non-hydrogen) atoms. The van der Waals surface area contributed by atoms with Gasteiger partial charge < -0.3 is 56.7 Å². The quantitative estimate of drug-likeness (QED) is 0.0211. The van der Waals surface area contributed by atoms with Crippen molar-refractivity contribution in [3.8, 4) is 47.3 Å². The molecule has 4 aromatic rings. The van der Waals surface area contributed by atoms with Gasteiger partial charge in [0.25, 0.3) is 0 Å². The van der Waals surface area contributed by atoms with Crippen molar-refractivity contribution in [2.24, 2.45) is 71.0 Å². The van der Waals surface area contributed by atoms with Crippen LogP contribution >= 0.6 is 0 Å². The molecular formula is C118H190N4O13Si4. The molecule has 776 valence electrons. The molecule has 17 nitrogen and oxygen atoms in total. The van der Waals surface area contributed by atoms with E-state index < -0.39 is 33.3 Å². The van der Waals surface area contributed by atoms with Gasteiger partial charge in [-0.1, -0.05) is 236 Å². The number of rotatable bonds is 45. The number of carbonyl (C=O) groups is 1. The fourth-order valence-electron chi connectivity index (χ4n) is 23.9. The second kappa shape index (κ2) is 53.4. The largest absolute Gasteiger partial charge is 0.478 e. The molecule has 4 fully saturated rings. The predicted octanol–water partition coefficient (Wildman–Crippen LogP) is 28.8. The average molecular weight is 1990 g/mol. The number of nitriles is 4. The average Bonchev–Trinajstić information content (AvgIpc) is 1.60. The van der Waals surface area contributed by atoms with E-state index in [1.54, 1.807) is 0 Å². The Morgan fingerprint density at radius 2 is 0.561 bits per heavy atom. The van der Waals surface area contributed by atoms with Crippen LogP contribution in [-0.2, 0) is 78.6 Å². The van der Waals surface area contributed by atoms with Crippen molar-refractivity contribution in [1.82, 2.24) is 0 Å². The Labute approximate surface area is 848 Å². The van der Waals surface area contributed by atoms with E-state index in [4.69, 9.17) is 62.4 Å². The summed E-state index contributed by atoms with van der Waals surface area (Å²) in [5.41, 5.74) is 10.3. The lowest BCUT2D eigenvalue weighted by Crippen LogP contribution is -2.44. The van der Waals surface area contributed by atoms with Gasteiger partial charge in [-0.25, -0.2) is 0 Å². The van der Waals surface area contributed by atoms with Crippen LogP contribution in [0.25, 0.3) is 0 Å². The molecule has 4 saturated carbocycles. The molecule has 12 rings (SSSR count). The molecule has 0 aliphatic heterocycles. The number of hydrogen-bond acceptors (Lipinski definition) is 17. The van der Waals surface area contributed by atoms with Crippen LogP contribution in [0.15, 0.2) is 72.8 Å². The van der Waals surface area contributed by atoms with Crippen molar-refractivity contribution in [3.63, 3.8) is 0 Å². The third kappa shape index (κ3) is 32.5. The van der Waals surface area contributed by atoms with Gasteiger partial charge in [-0.15, -0.1) is 0 Å². The lowest BCUT2D eigenvalue weighted by Gasteiger charge is -2.40. The SMILES string of the molecule is CCCCC[C@@H](CC[C@@H]1[C@H]2Cc3cccc(OCC#N)c3C[C@H]2C[C@H]1O)O[Si](C)(C)C(C)(C)C.CCCCC[C@@H](CC[C@@H]1[C@H]2Cc3cccc(OCC#N)c3C[C@H]2C[C@H]1OC(C)=O)O[Si](C)(C)C(C)(C)C.CCCCC[C@@H](CC[C@H]1[C@@H]2Cc3cccc(OCC#N)c3C[C@@H]2C[C@@H]1O)O[Si](C)(C)C(C)(C)C.CCCCC[C@@H](CC[C@H]1[C@@H]2Cc3cccc(OCC#N)c3C[C@@H]2C[C@@H]1O)O[Si](C)(C)C(C)(C)C. The van der Waals surface area contributed by atoms with Crippen molar-refractivity contribution in [2.75, 3.05) is 26.4 Å². The molecular weight excluding hydrogens is 1790 g/mol. The van der Waals surface area contributed by atoms with Crippen LogP contribution in [0.5, 0.6) is 23.0 Å². The first kappa shape index (κ1) is 117. The van der Waals surface area contributed by atoms with Crippen LogP contribution in [0.2, 0.25) is 72.5 Å². The monoisotopic (exact) mass is 1980 g/mol. The zero-order valence-electron chi connectivity index (χ0n) is 91.5. The van der Waals surface area contributed by atoms with Gasteiger partial charge in [0, 0.05) is 31.3 Å². The van der Waals surface area contributed by atoms with E-state index in [1.165, 1.54) is 128 Å². The fraction of sp³-hybridized carbons (Fsp3) is 0.754. The van der Waals surface area contributed by atoms with E-state index in [0.29, 0.717) is 89.3 Å². The van der Waals surface area contributed by atoms with Crippen LogP contribution in [0.4, 0.5) is 0 Å². The molecule has 3 N–H and O–H groups in total. The third-order valence-corrected chi connectivity index (χ3v) is 53.9. The Morgan fingerprint density at radius 1 is 0.338 bits per heavy atom. The molecule has 21 heteroatoms. The van der Waals surface area contributed by atoms with E-state index in [0.717, 1.165) is 177 Å². The molecule has 0 heterocycles. The van der Waals surface area contributed by atoms with E-state index in [1.807, 2.05) is 48.5 Å². The lowest BCUT2D eigenvalue weighted by molar-refractivity contribution is -0.148.